The minimum atomic E-state index is -0.585. The van der Waals surface area contributed by atoms with Crippen LogP contribution in [0.2, 0.25) is 0 Å². The van der Waals surface area contributed by atoms with Gasteiger partial charge in [-0.15, -0.1) is 0 Å². The highest BCUT2D eigenvalue weighted by Crippen LogP contribution is 2.17. The maximum Gasteiger partial charge on any atom is 0.248 e. The van der Waals surface area contributed by atoms with Gasteiger partial charge < -0.3 is 16.8 Å². The topological polar surface area (TPSA) is 98.2 Å². The van der Waals surface area contributed by atoms with Crippen molar-refractivity contribution in [2.45, 2.75) is 26.8 Å². The molecule has 0 radical (unpaired) electrons. The minimum Gasteiger partial charge on any atom is -0.382 e. The van der Waals surface area contributed by atoms with E-state index < -0.39 is 11.8 Å². The third kappa shape index (κ3) is 3.48. The van der Waals surface area contributed by atoms with Crippen molar-refractivity contribution < 1.29 is 9.59 Å². The van der Waals surface area contributed by atoms with E-state index >= 15 is 0 Å². The van der Waals surface area contributed by atoms with E-state index in [0.29, 0.717) is 11.6 Å². The van der Waals surface area contributed by atoms with Crippen LogP contribution in [-0.2, 0) is 0 Å². The number of carbonyl (C=O) groups is 2. The Labute approximate surface area is 107 Å². The fourth-order valence-electron chi connectivity index (χ4n) is 1.43. The van der Waals surface area contributed by atoms with Gasteiger partial charge in [0.25, 0.3) is 0 Å². The Morgan fingerprint density at radius 1 is 1.00 bits per heavy atom. The SMILES string of the molecule is CC(C)C(C)Nc1cc(C(N)=O)cc(C(N)=O)c1. The van der Waals surface area contributed by atoms with E-state index in [-0.39, 0.29) is 17.2 Å². The molecule has 0 spiro atoms. The standard InChI is InChI=1S/C13H19N3O2/c1-7(2)8(3)16-11-5-9(12(14)17)4-10(6-11)13(15)18/h4-8,16H,1-3H3,(H2,14,17)(H2,15,18). The first-order valence-corrected chi connectivity index (χ1v) is 5.82. The number of hydrogen-bond acceptors (Lipinski definition) is 3. The van der Waals surface area contributed by atoms with Gasteiger partial charge in [-0.2, -0.15) is 0 Å². The van der Waals surface area contributed by atoms with E-state index in [4.69, 9.17) is 11.5 Å². The third-order valence-electron chi connectivity index (χ3n) is 2.90. The first kappa shape index (κ1) is 14.0. The Hall–Kier alpha value is -2.04. The summed E-state index contributed by atoms with van der Waals surface area (Å²) < 4.78 is 0. The van der Waals surface area contributed by atoms with E-state index in [0.717, 1.165) is 0 Å². The number of amides is 2. The lowest BCUT2D eigenvalue weighted by Gasteiger charge is -2.19. The van der Waals surface area contributed by atoms with E-state index in [2.05, 4.69) is 19.2 Å². The molecule has 18 heavy (non-hydrogen) atoms. The van der Waals surface area contributed by atoms with E-state index in [9.17, 15) is 9.59 Å². The van der Waals surface area contributed by atoms with Gasteiger partial charge in [-0.05, 0) is 31.0 Å². The number of hydrogen-bond donors (Lipinski definition) is 3. The van der Waals surface area contributed by atoms with Crippen molar-refractivity contribution >= 4 is 17.5 Å². The molecule has 0 saturated carbocycles. The van der Waals surface area contributed by atoms with Crippen LogP contribution in [0, 0.1) is 5.92 Å². The Morgan fingerprint density at radius 3 is 1.78 bits per heavy atom. The van der Waals surface area contributed by atoms with Crippen molar-refractivity contribution in [1.29, 1.82) is 0 Å². The zero-order valence-electron chi connectivity index (χ0n) is 10.9. The van der Waals surface area contributed by atoms with Crippen molar-refractivity contribution in [2.24, 2.45) is 17.4 Å². The fourth-order valence-corrected chi connectivity index (χ4v) is 1.43. The number of benzene rings is 1. The molecule has 1 unspecified atom stereocenters. The van der Waals surface area contributed by atoms with Crippen molar-refractivity contribution in [3.8, 4) is 0 Å². The fraction of sp³-hybridized carbons (Fsp3) is 0.385. The third-order valence-corrected chi connectivity index (χ3v) is 2.90. The second-order valence-electron chi connectivity index (χ2n) is 4.70. The maximum absolute atomic E-state index is 11.2. The predicted molar refractivity (Wildman–Crippen MR) is 71.4 cm³/mol. The van der Waals surface area contributed by atoms with Gasteiger partial charge in [-0.3, -0.25) is 9.59 Å². The Balaban J connectivity index is 3.11. The molecule has 0 aliphatic carbocycles. The molecule has 1 atom stereocenters. The zero-order chi connectivity index (χ0) is 13.9. The highest BCUT2D eigenvalue weighted by Gasteiger charge is 2.12. The molecule has 5 heteroatoms. The van der Waals surface area contributed by atoms with Gasteiger partial charge in [-0.1, -0.05) is 13.8 Å². The maximum atomic E-state index is 11.2. The lowest BCUT2D eigenvalue weighted by atomic mass is 10.0. The summed E-state index contributed by atoms with van der Waals surface area (Å²) in [4.78, 5) is 22.4. The van der Waals surface area contributed by atoms with E-state index in [1.807, 2.05) is 6.92 Å². The lowest BCUT2D eigenvalue weighted by molar-refractivity contribution is 0.0999. The van der Waals surface area contributed by atoms with Crippen molar-refractivity contribution in [1.82, 2.24) is 0 Å². The number of rotatable bonds is 5. The summed E-state index contributed by atoms with van der Waals surface area (Å²) in [5, 5.41) is 3.22. The summed E-state index contributed by atoms with van der Waals surface area (Å²) in [5.74, 6) is -0.754. The first-order valence-electron chi connectivity index (χ1n) is 5.82. The van der Waals surface area contributed by atoms with Crippen LogP contribution >= 0.6 is 0 Å². The van der Waals surface area contributed by atoms with Crippen molar-refractivity contribution in [3.63, 3.8) is 0 Å². The molecule has 0 heterocycles. The van der Waals surface area contributed by atoms with Gasteiger partial charge in [0, 0.05) is 22.9 Å². The van der Waals surface area contributed by atoms with E-state index in [1.165, 1.54) is 6.07 Å². The Bertz CT molecular complexity index is 437. The molecule has 2 amide bonds. The molecule has 1 aromatic carbocycles. The molecule has 0 aliphatic heterocycles. The Morgan fingerprint density at radius 2 is 1.44 bits per heavy atom. The molecule has 1 aromatic rings. The average molecular weight is 249 g/mol. The molecule has 1 rings (SSSR count). The summed E-state index contributed by atoms with van der Waals surface area (Å²) in [6.07, 6.45) is 0. The van der Waals surface area contributed by atoms with Crippen molar-refractivity contribution in [3.05, 3.63) is 29.3 Å². The van der Waals surface area contributed by atoms with Gasteiger partial charge in [-0.25, -0.2) is 0 Å². The monoisotopic (exact) mass is 249 g/mol. The summed E-state index contributed by atoms with van der Waals surface area (Å²) in [7, 11) is 0. The number of nitrogens with two attached hydrogens (primary N) is 2. The molecule has 0 fully saturated rings. The van der Waals surface area contributed by atoms with Gasteiger partial charge >= 0.3 is 0 Å². The highest BCUT2D eigenvalue weighted by molar-refractivity contribution is 5.99. The van der Waals surface area contributed by atoms with E-state index in [1.54, 1.807) is 12.1 Å². The van der Waals surface area contributed by atoms with Crippen LogP contribution in [0.3, 0.4) is 0 Å². The second-order valence-corrected chi connectivity index (χ2v) is 4.70. The zero-order valence-corrected chi connectivity index (χ0v) is 10.9. The predicted octanol–water partition coefficient (Wildman–Crippen LogP) is 1.34. The first-order chi connectivity index (χ1) is 8.31. The van der Waals surface area contributed by atoms with Gasteiger partial charge in [0.05, 0.1) is 0 Å². The van der Waals surface area contributed by atoms with Crippen LogP contribution in [0.5, 0.6) is 0 Å². The highest BCUT2D eigenvalue weighted by atomic mass is 16.1. The molecule has 0 aromatic heterocycles. The molecular weight excluding hydrogens is 230 g/mol. The molecule has 98 valence electrons. The van der Waals surface area contributed by atoms with Crippen LogP contribution in [0.15, 0.2) is 18.2 Å². The molecular formula is C13H19N3O2. The molecule has 0 bridgehead atoms. The van der Waals surface area contributed by atoms with Crippen LogP contribution in [-0.4, -0.2) is 17.9 Å². The summed E-state index contributed by atoms with van der Waals surface area (Å²) >= 11 is 0. The summed E-state index contributed by atoms with van der Waals surface area (Å²) in [5.41, 5.74) is 11.7. The number of nitrogens with one attached hydrogen (secondary N) is 1. The summed E-state index contributed by atoms with van der Waals surface area (Å²) in [6.45, 7) is 6.17. The molecule has 5 nitrogen and oxygen atoms in total. The van der Waals surface area contributed by atoms with Crippen molar-refractivity contribution in [2.75, 3.05) is 5.32 Å². The normalized spacial score (nSPS) is 12.2. The van der Waals surface area contributed by atoms with Gasteiger partial charge in [0.2, 0.25) is 11.8 Å². The summed E-state index contributed by atoms with van der Waals surface area (Å²) in [6, 6.07) is 4.84. The van der Waals surface area contributed by atoms with Crippen LogP contribution in [0.1, 0.15) is 41.5 Å². The lowest BCUT2D eigenvalue weighted by Crippen LogP contribution is -2.23. The smallest absolute Gasteiger partial charge is 0.248 e. The van der Waals surface area contributed by atoms with Crippen LogP contribution in [0.25, 0.3) is 0 Å². The van der Waals surface area contributed by atoms with Crippen LogP contribution in [0.4, 0.5) is 5.69 Å². The molecule has 0 saturated heterocycles. The second kappa shape index (κ2) is 5.53. The largest absolute Gasteiger partial charge is 0.382 e. The minimum absolute atomic E-state index is 0.203. The molecule has 5 N–H and O–H groups in total. The number of carbonyl (C=O) groups excluding carboxylic acids is 2. The number of anilines is 1. The quantitative estimate of drug-likeness (QED) is 0.734. The average Bonchev–Trinajstić information content (AvgIpc) is 2.28. The van der Waals surface area contributed by atoms with Crippen LogP contribution < -0.4 is 16.8 Å². The van der Waals surface area contributed by atoms with Gasteiger partial charge in [0.1, 0.15) is 0 Å². The number of primary amides is 2. The molecule has 0 aliphatic rings. The Kier molecular flexibility index (Phi) is 4.31. The van der Waals surface area contributed by atoms with Gasteiger partial charge in [0.15, 0.2) is 0 Å².